The van der Waals surface area contributed by atoms with Crippen LogP contribution in [0, 0.1) is 0 Å². The summed E-state index contributed by atoms with van der Waals surface area (Å²) in [5.74, 6) is 0. The van der Waals surface area contributed by atoms with Crippen molar-refractivity contribution in [3.8, 4) is 0 Å². The fourth-order valence-corrected chi connectivity index (χ4v) is 1.37. The molecule has 0 unspecified atom stereocenters. The minimum atomic E-state index is 0.00105. The monoisotopic (exact) mass is 222 g/mol. The van der Waals surface area contributed by atoms with Crippen LogP contribution in [0.3, 0.4) is 0 Å². The number of nitrogens with zero attached hydrogens (tertiary/aromatic N) is 3. The van der Waals surface area contributed by atoms with Gasteiger partial charge in [0.1, 0.15) is 0 Å². The van der Waals surface area contributed by atoms with Gasteiger partial charge in [0.15, 0.2) is 0 Å². The van der Waals surface area contributed by atoms with E-state index in [1.807, 2.05) is 19.2 Å². The zero-order valence-corrected chi connectivity index (χ0v) is 10.6. The second-order valence-corrected chi connectivity index (χ2v) is 4.45. The molecular weight excluding hydrogens is 200 g/mol. The Labute approximate surface area is 98.1 Å². The Morgan fingerprint density at radius 3 is 2.38 bits per heavy atom. The molecule has 0 saturated heterocycles. The van der Waals surface area contributed by atoms with Crippen LogP contribution in [0.1, 0.15) is 18.7 Å². The van der Waals surface area contributed by atoms with Crippen molar-refractivity contribution in [3.05, 3.63) is 24.0 Å². The number of rotatable bonds is 5. The molecule has 0 fully saturated rings. The van der Waals surface area contributed by atoms with Crippen molar-refractivity contribution in [2.45, 2.75) is 13.0 Å². The smallest absolute Gasteiger partial charge is 0.0569 e. The van der Waals surface area contributed by atoms with Crippen molar-refractivity contribution in [1.82, 2.24) is 9.88 Å². The maximum absolute atomic E-state index is 5.76. The van der Waals surface area contributed by atoms with E-state index in [9.17, 15) is 0 Å². The Morgan fingerprint density at radius 2 is 1.94 bits per heavy atom. The molecule has 0 aromatic carbocycles. The molecule has 0 aliphatic rings. The number of hydrogen-bond acceptors (Lipinski definition) is 4. The van der Waals surface area contributed by atoms with E-state index in [-0.39, 0.29) is 6.04 Å². The van der Waals surface area contributed by atoms with Crippen molar-refractivity contribution in [2.75, 3.05) is 39.1 Å². The van der Waals surface area contributed by atoms with Gasteiger partial charge in [-0.25, -0.2) is 0 Å². The highest BCUT2D eigenvalue weighted by molar-refractivity contribution is 5.43. The van der Waals surface area contributed by atoms with E-state index >= 15 is 0 Å². The predicted molar refractivity (Wildman–Crippen MR) is 68.7 cm³/mol. The summed E-state index contributed by atoms with van der Waals surface area (Å²) in [5, 5.41) is 0. The summed E-state index contributed by atoms with van der Waals surface area (Å²) in [6.07, 6.45) is 1.88. The van der Waals surface area contributed by atoms with Crippen LogP contribution in [-0.2, 0) is 0 Å². The first kappa shape index (κ1) is 12.9. The molecule has 4 heteroatoms. The summed E-state index contributed by atoms with van der Waals surface area (Å²) in [5.41, 5.74) is 7.82. The topological polar surface area (TPSA) is 45.4 Å². The third-order valence-electron chi connectivity index (χ3n) is 2.56. The number of hydrogen-bond donors (Lipinski definition) is 1. The zero-order valence-electron chi connectivity index (χ0n) is 10.6. The van der Waals surface area contributed by atoms with E-state index in [1.165, 1.54) is 0 Å². The molecule has 4 nitrogen and oxygen atoms in total. The van der Waals surface area contributed by atoms with Crippen molar-refractivity contribution >= 4 is 5.69 Å². The highest BCUT2D eigenvalue weighted by Gasteiger charge is 2.04. The van der Waals surface area contributed by atoms with Gasteiger partial charge in [0.2, 0.25) is 0 Å². The molecule has 1 aromatic heterocycles. The minimum absolute atomic E-state index is 0.00105. The Balaban J connectivity index is 2.59. The van der Waals surface area contributed by atoms with E-state index < -0.39 is 0 Å². The number of likely N-dealkylation sites (N-methyl/N-ethyl adjacent to an activating group) is 2. The van der Waals surface area contributed by atoms with Gasteiger partial charge in [-0.1, -0.05) is 0 Å². The van der Waals surface area contributed by atoms with E-state index in [0.717, 1.165) is 24.5 Å². The number of aromatic nitrogens is 1. The van der Waals surface area contributed by atoms with Gasteiger partial charge in [-0.15, -0.1) is 0 Å². The molecule has 0 radical (unpaired) electrons. The first-order chi connectivity index (χ1) is 7.50. The summed E-state index contributed by atoms with van der Waals surface area (Å²) in [6, 6.07) is 4.06. The van der Waals surface area contributed by atoms with Crippen LogP contribution in [-0.4, -0.2) is 44.1 Å². The van der Waals surface area contributed by atoms with Gasteiger partial charge < -0.3 is 15.5 Å². The molecule has 1 rings (SSSR count). The maximum atomic E-state index is 5.76. The second-order valence-electron chi connectivity index (χ2n) is 4.45. The lowest BCUT2D eigenvalue weighted by Gasteiger charge is -2.21. The van der Waals surface area contributed by atoms with Gasteiger partial charge in [-0.05, 0) is 33.2 Å². The van der Waals surface area contributed by atoms with Crippen LogP contribution < -0.4 is 10.6 Å². The van der Waals surface area contributed by atoms with Gasteiger partial charge in [-0.3, -0.25) is 4.98 Å². The molecule has 0 bridgehead atoms. The lowest BCUT2D eigenvalue weighted by atomic mass is 10.2. The first-order valence-corrected chi connectivity index (χ1v) is 5.58. The lowest BCUT2D eigenvalue weighted by Crippen LogP contribution is -2.28. The van der Waals surface area contributed by atoms with Gasteiger partial charge >= 0.3 is 0 Å². The summed E-state index contributed by atoms with van der Waals surface area (Å²) >= 11 is 0. The van der Waals surface area contributed by atoms with Gasteiger partial charge in [0.25, 0.3) is 0 Å². The second kappa shape index (κ2) is 5.82. The molecule has 0 aliphatic carbocycles. The Morgan fingerprint density at radius 1 is 1.25 bits per heavy atom. The third-order valence-corrected chi connectivity index (χ3v) is 2.56. The van der Waals surface area contributed by atoms with Crippen LogP contribution in [0.4, 0.5) is 5.69 Å². The summed E-state index contributed by atoms with van der Waals surface area (Å²) < 4.78 is 0. The predicted octanol–water partition coefficient (Wildman–Crippen LogP) is 1.10. The van der Waals surface area contributed by atoms with Crippen molar-refractivity contribution in [2.24, 2.45) is 5.73 Å². The number of pyridine rings is 1. The van der Waals surface area contributed by atoms with E-state index in [0.29, 0.717) is 0 Å². The molecule has 90 valence electrons. The molecule has 0 aliphatic heterocycles. The molecule has 1 heterocycles. The maximum Gasteiger partial charge on any atom is 0.0569 e. The molecule has 0 saturated carbocycles. The van der Waals surface area contributed by atoms with Gasteiger partial charge in [-0.2, -0.15) is 0 Å². The fourth-order valence-electron chi connectivity index (χ4n) is 1.37. The van der Waals surface area contributed by atoms with Crippen molar-refractivity contribution < 1.29 is 0 Å². The summed E-state index contributed by atoms with van der Waals surface area (Å²) in [4.78, 5) is 8.71. The van der Waals surface area contributed by atoms with Crippen LogP contribution in [0.15, 0.2) is 18.3 Å². The lowest BCUT2D eigenvalue weighted by molar-refractivity contribution is 0.416. The quantitative estimate of drug-likeness (QED) is 0.810. The third kappa shape index (κ3) is 3.79. The minimum Gasteiger partial charge on any atom is -0.372 e. The highest BCUT2D eigenvalue weighted by atomic mass is 15.2. The van der Waals surface area contributed by atoms with Crippen LogP contribution in [0.2, 0.25) is 0 Å². The van der Waals surface area contributed by atoms with Crippen molar-refractivity contribution in [3.63, 3.8) is 0 Å². The molecule has 0 spiro atoms. The largest absolute Gasteiger partial charge is 0.372 e. The molecular formula is C12H22N4. The number of nitrogens with two attached hydrogens (primary N) is 1. The molecule has 16 heavy (non-hydrogen) atoms. The Bertz CT molecular complexity index is 305. The van der Waals surface area contributed by atoms with E-state index in [1.54, 1.807) is 0 Å². The SMILES string of the molecule is C[C@H](N)c1ccc(N(C)CCN(C)C)cn1. The summed E-state index contributed by atoms with van der Waals surface area (Å²) in [7, 11) is 6.22. The van der Waals surface area contributed by atoms with Crippen molar-refractivity contribution in [1.29, 1.82) is 0 Å². The Kier molecular flexibility index (Phi) is 4.71. The standard InChI is InChI=1S/C12H22N4/c1-10(13)12-6-5-11(9-14-12)16(4)8-7-15(2)3/h5-6,9-10H,7-8,13H2,1-4H3/t10-/m0/s1. The highest BCUT2D eigenvalue weighted by Crippen LogP contribution is 2.13. The zero-order chi connectivity index (χ0) is 12.1. The van der Waals surface area contributed by atoms with Gasteiger partial charge in [0.05, 0.1) is 17.6 Å². The molecule has 2 N–H and O–H groups in total. The molecule has 1 atom stereocenters. The fraction of sp³-hybridized carbons (Fsp3) is 0.583. The van der Waals surface area contributed by atoms with Crippen LogP contribution >= 0.6 is 0 Å². The average Bonchev–Trinajstić information content (AvgIpc) is 2.26. The summed E-state index contributed by atoms with van der Waals surface area (Å²) in [6.45, 7) is 3.97. The van der Waals surface area contributed by atoms with Gasteiger partial charge in [0, 0.05) is 26.2 Å². The van der Waals surface area contributed by atoms with Crippen LogP contribution in [0.5, 0.6) is 0 Å². The number of anilines is 1. The van der Waals surface area contributed by atoms with E-state index in [2.05, 4.69) is 42.0 Å². The van der Waals surface area contributed by atoms with E-state index in [4.69, 9.17) is 5.73 Å². The Hall–Kier alpha value is -1.13. The molecule has 1 aromatic rings. The van der Waals surface area contributed by atoms with Crippen LogP contribution in [0.25, 0.3) is 0 Å². The first-order valence-electron chi connectivity index (χ1n) is 5.58. The normalized spacial score (nSPS) is 12.9. The average molecular weight is 222 g/mol. The molecule has 0 amide bonds.